The first-order chi connectivity index (χ1) is 9.49. The Morgan fingerprint density at radius 2 is 1.95 bits per heavy atom. The molecule has 1 fully saturated rings. The second-order valence-corrected chi connectivity index (χ2v) is 5.47. The SMILES string of the molecule is CC1CC(C)N(C(=O)N[C@H](C(=O)O)c2ccccc2)C1. The van der Waals surface area contributed by atoms with E-state index in [2.05, 4.69) is 12.2 Å². The molecule has 1 aromatic rings. The lowest BCUT2D eigenvalue weighted by Gasteiger charge is -2.24. The van der Waals surface area contributed by atoms with Crippen molar-refractivity contribution in [3.05, 3.63) is 35.9 Å². The molecule has 1 saturated heterocycles. The van der Waals surface area contributed by atoms with E-state index in [1.807, 2.05) is 13.0 Å². The number of nitrogens with zero attached hydrogens (tertiary/aromatic N) is 1. The van der Waals surface area contributed by atoms with Gasteiger partial charge in [-0.05, 0) is 24.8 Å². The van der Waals surface area contributed by atoms with Gasteiger partial charge in [-0.1, -0.05) is 37.3 Å². The molecule has 0 aliphatic carbocycles. The van der Waals surface area contributed by atoms with Crippen molar-refractivity contribution < 1.29 is 14.7 Å². The van der Waals surface area contributed by atoms with Crippen LogP contribution in [0.3, 0.4) is 0 Å². The van der Waals surface area contributed by atoms with E-state index in [1.54, 1.807) is 29.2 Å². The number of amides is 2. The van der Waals surface area contributed by atoms with Gasteiger partial charge in [0, 0.05) is 12.6 Å². The molecular formula is C15H20N2O3. The molecule has 2 amide bonds. The third kappa shape index (κ3) is 3.10. The molecule has 2 N–H and O–H groups in total. The number of urea groups is 1. The fourth-order valence-corrected chi connectivity index (χ4v) is 2.72. The number of carboxylic acids is 1. The Bertz CT molecular complexity index is 489. The van der Waals surface area contributed by atoms with Crippen LogP contribution >= 0.6 is 0 Å². The highest BCUT2D eigenvalue weighted by molar-refractivity contribution is 5.84. The van der Waals surface area contributed by atoms with Gasteiger partial charge in [-0.3, -0.25) is 0 Å². The molecule has 1 aliphatic rings. The van der Waals surface area contributed by atoms with Crippen LogP contribution in [0.15, 0.2) is 30.3 Å². The summed E-state index contributed by atoms with van der Waals surface area (Å²) in [6, 6.07) is 7.58. The Balaban J connectivity index is 2.09. The van der Waals surface area contributed by atoms with Gasteiger partial charge < -0.3 is 15.3 Å². The topological polar surface area (TPSA) is 69.6 Å². The van der Waals surface area contributed by atoms with E-state index < -0.39 is 12.0 Å². The molecule has 108 valence electrons. The first-order valence-electron chi connectivity index (χ1n) is 6.84. The molecule has 1 aromatic carbocycles. The van der Waals surface area contributed by atoms with Crippen molar-refractivity contribution in [3.63, 3.8) is 0 Å². The van der Waals surface area contributed by atoms with E-state index in [1.165, 1.54) is 0 Å². The lowest BCUT2D eigenvalue weighted by Crippen LogP contribution is -2.45. The average molecular weight is 276 g/mol. The van der Waals surface area contributed by atoms with Gasteiger partial charge in [0.2, 0.25) is 0 Å². The molecule has 0 radical (unpaired) electrons. The van der Waals surface area contributed by atoms with Gasteiger partial charge in [-0.15, -0.1) is 0 Å². The molecule has 2 rings (SSSR count). The monoisotopic (exact) mass is 276 g/mol. The molecule has 0 aromatic heterocycles. The van der Waals surface area contributed by atoms with Gasteiger partial charge in [-0.2, -0.15) is 0 Å². The van der Waals surface area contributed by atoms with Crippen LogP contribution in [0.5, 0.6) is 0 Å². The molecule has 1 aliphatic heterocycles. The zero-order valence-corrected chi connectivity index (χ0v) is 11.7. The van der Waals surface area contributed by atoms with Crippen LogP contribution in [0.4, 0.5) is 4.79 Å². The molecule has 5 nitrogen and oxygen atoms in total. The number of carboxylic acid groups (broad SMARTS) is 1. The normalized spacial score (nSPS) is 23.4. The predicted molar refractivity (Wildman–Crippen MR) is 75.3 cm³/mol. The smallest absolute Gasteiger partial charge is 0.330 e. The van der Waals surface area contributed by atoms with Gasteiger partial charge >= 0.3 is 12.0 Å². The Morgan fingerprint density at radius 3 is 2.45 bits per heavy atom. The third-order valence-electron chi connectivity index (χ3n) is 3.69. The lowest BCUT2D eigenvalue weighted by molar-refractivity contribution is -0.139. The Labute approximate surface area is 118 Å². The Morgan fingerprint density at radius 1 is 1.30 bits per heavy atom. The quantitative estimate of drug-likeness (QED) is 0.889. The fraction of sp³-hybridized carbons (Fsp3) is 0.467. The number of likely N-dealkylation sites (tertiary alicyclic amines) is 1. The van der Waals surface area contributed by atoms with E-state index in [0.29, 0.717) is 18.0 Å². The van der Waals surface area contributed by atoms with Crippen LogP contribution in [-0.4, -0.2) is 34.6 Å². The molecule has 0 saturated carbocycles. The summed E-state index contributed by atoms with van der Waals surface area (Å²) in [5.74, 6) is -0.597. The molecule has 5 heteroatoms. The van der Waals surface area contributed by atoms with E-state index in [4.69, 9.17) is 0 Å². The first-order valence-corrected chi connectivity index (χ1v) is 6.84. The summed E-state index contributed by atoms with van der Waals surface area (Å²) >= 11 is 0. The van der Waals surface area contributed by atoms with Crippen molar-refractivity contribution in [1.29, 1.82) is 0 Å². The average Bonchev–Trinajstić information content (AvgIpc) is 2.75. The van der Waals surface area contributed by atoms with Crippen LogP contribution in [-0.2, 0) is 4.79 Å². The van der Waals surface area contributed by atoms with E-state index in [-0.39, 0.29) is 12.1 Å². The van der Waals surface area contributed by atoms with Crippen LogP contribution in [0, 0.1) is 5.92 Å². The largest absolute Gasteiger partial charge is 0.479 e. The molecule has 1 heterocycles. The van der Waals surface area contributed by atoms with Crippen molar-refractivity contribution in [2.24, 2.45) is 5.92 Å². The number of rotatable bonds is 3. The van der Waals surface area contributed by atoms with Crippen molar-refractivity contribution in [2.45, 2.75) is 32.4 Å². The van der Waals surface area contributed by atoms with Gasteiger partial charge in [0.15, 0.2) is 6.04 Å². The summed E-state index contributed by atoms with van der Waals surface area (Å²) in [4.78, 5) is 25.3. The summed E-state index contributed by atoms with van der Waals surface area (Å²) in [5, 5.41) is 11.9. The number of benzene rings is 1. The highest BCUT2D eigenvalue weighted by atomic mass is 16.4. The lowest BCUT2D eigenvalue weighted by atomic mass is 10.1. The third-order valence-corrected chi connectivity index (χ3v) is 3.69. The number of carbonyl (C=O) groups excluding carboxylic acids is 1. The zero-order chi connectivity index (χ0) is 14.7. The highest BCUT2D eigenvalue weighted by Gasteiger charge is 2.32. The van der Waals surface area contributed by atoms with Crippen LogP contribution in [0.25, 0.3) is 0 Å². The van der Waals surface area contributed by atoms with Crippen LogP contribution < -0.4 is 5.32 Å². The maximum atomic E-state index is 12.2. The summed E-state index contributed by atoms with van der Waals surface area (Å²) in [5.41, 5.74) is 0.577. The second kappa shape index (κ2) is 5.94. The van der Waals surface area contributed by atoms with Gasteiger partial charge in [0.1, 0.15) is 0 Å². The predicted octanol–water partition coefficient (Wildman–Crippen LogP) is 2.25. The highest BCUT2D eigenvalue weighted by Crippen LogP contribution is 2.23. The number of hydrogen-bond donors (Lipinski definition) is 2. The van der Waals surface area contributed by atoms with Gasteiger partial charge in [-0.25, -0.2) is 9.59 Å². The number of carbonyl (C=O) groups is 2. The maximum Gasteiger partial charge on any atom is 0.330 e. The zero-order valence-electron chi connectivity index (χ0n) is 11.7. The van der Waals surface area contributed by atoms with Crippen molar-refractivity contribution in [2.75, 3.05) is 6.54 Å². The molecular weight excluding hydrogens is 256 g/mol. The minimum absolute atomic E-state index is 0.148. The van der Waals surface area contributed by atoms with Crippen molar-refractivity contribution >= 4 is 12.0 Å². The standard InChI is InChI=1S/C15H20N2O3/c1-10-8-11(2)17(9-10)15(20)16-13(14(18)19)12-6-4-3-5-7-12/h3-7,10-11,13H,8-9H2,1-2H3,(H,16,20)(H,18,19)/t10?,11?,13-/m0/s1. The first kappa shape index (κ1) is 14.4. The molecule has 3 atom stereocenters. The summed E-state index contributed by atoms with van der Waals surface area (Å²) in [6.45, 7) is 4.76. The second-order valence-electron chi connectivity index (χ2n) is 5.47. The van der Waals surface area contributed by atoms with Crippen molar-refractivity contribution in [3.8, 4) is 0 Å². The number of aliphatic carboxylic acids is 1. The Hall–Kier alpha value is -2.04. The molecule has 20 heavy (non-hydrogen) atoms. The molecule has 0 bridgehead atoms. The van der Waals surface area contributed by atoms with E-state index in [0.717, 1.165) is 6.42 Å². The van der Waals surface area contributed by atoms with Crippen LogP contribution in [0.1, 0.15) is 31.9 Å². The van der Waals surface area contributed by atoms with Gasteiger partial charge in [0.05, 0.1) is 0 Å². The molecule has 2 unspecified atom stereocenters. The minimum Gasteiger partial charge on any atom is -0.479 e. The van der Waals surface area contributed by atoms with Crippen LogP contribution in [0.2, 0.25) is 0 Å². The van der Waals surface area contributed by atoms with E-state index >= 15 is 0 Å². The maximum absolute atomic E-state index is 12.2. The molecule has 0 spiro atoms. The summed E-state index contributed by atoms with van der Waals surface area (Å²) in [7, 11) is 0. The van der Waals surface area contributed by atoms with Gasteiger partial charge in [0.25, 0.3) is 0 Å². The fourth-order valence-electron chi connectivity index (χ4n) is 2.72. The summed E-state index contributed by atoms with van der Waals surface area (Å²) in [6.07, 6.45) is 0.955. The Kier molecular flexibility index (Phi) is 4.27. The van der Waals surface area contributed by atoms with Crippen molar-refractivity contribution in [1.82, 2.24) is 10.2 Å². The van der Waals surface area contributed by atoms with E-state index in [9.17, 15) is 14.7 Å². The number of nitrogens with one attached hydrogen (secondary N) is 1. The minimum atomic E-state index is -1.05. The number of hydrogen-bond acceptors (Lipinski definition) is 2. The summed E-state index contributed by atoms with van der Waals surface area (Å²) < 4.78 is 0.